The van der Waals surface area contributed by atoms with Gasteiger partial charge in [0.05, 0.1) is 11.1 Å². The molecule has 0 saturated heterocycles. The van der Waals surface area contributed by atoms with E-state index >= 15 is 0 Å². The lowest BCUT2D eigenvalue weighted by Crippen LogP contribution is -2.28. The molecule has 1 heterocycles. The fraction of sp³-hybridized carbons (Fsp3) is 0.0448. The summed E-state index contributed by atoms with van der Waals surface area (Å²) in [5.74, 6) is 0.289. The van der Waals surface area contributed by atoms with Crippen molar-refractivity contribution in [3.8, 4) is 44.5 Å². The second kappa shape index (κ2) is 17.1. The summed E-state index contributed by atoms with van der Waals surface area (Å²) in [4.78, 5) is 2.47. The average Bonchev–Trinajstić information content (AvgIpc) is 3.95. The predicted molar refractivity (Wildman–Crippen MR) is 293 cm³/mol. The van der Waals surface area contributed by atoms with Gasteiger partial charge in [0.1, 0.15) is 0 Å². The van der Waals surface area contributed by atoms with Crippen LogP contribution in [0, 0.1) is 0 Å². The van der Waals surface area contributed by atoms with Crippen molar-refractivity contribution in [2.75, 3.05) is 4.90 Å². The Hall–Kier alpha value is -8.30. The van der Waals surface area contributed by atoms with E-state index in [1.54, 1.807) is 0 Å². The highest BCUT2D eigenvalue weighted by Gasteiger charge is 2.46. The summed E-state index contributed by atoms with van der Waals surface area (Å²) in [5.41, 5.74) is 19.2. The molecule has 10 aromatic carbocycles. The van der Waals surface area contributed by atoms with E-state index in [4.69, 9.17) is 0 Å². The number of allylic oxidation sites excluding steroid dienone is 3. The molecule has 0 saturated carbocycles. The molecule has 0 fully saturated rings. The van der Waals surface area contributed by atoms with Gasteiger partial charge in [0.2, 0.25) is 0 Å². The van der Waals surface area contributed by atoms with Crippen LogP contribution in [-0.2, 0) is 5.41 Å². The Kier molecular flexibility index (Phi) is 10.1. The second-order valence-corrected chi connectivity index (χ2v) is 19.4. The van der Waals surface area contributed by atoms with Crippen LogP contribution in [0.1, 0.15) is 40.2 Å². The molecule has 1 nitrogen and oxygen atoms in total. The Morgan fingerprint density at radius 1 is 0.406 bits per heavy atom. The zero-order chi connectivity index (χ0) is 45.7. The molecule has 1 aromatic heterocycles. The van der Waals surface area contributed by atoms with Crippen molar-refractivity contribution in [1.82, 2.24) is 0 Å². The molecule has 0 spiro atoms. The fourth-order valence-electron chi connectivity index (χ4n) is 11.3. The minimum atomic E-state index is -0.427. The van der Waals surface area contributed by atoms with Gasteiger partial charge >= 0.3 is 0 Å². The molecule has 13 rings (SSSR count). The van der Waals surface area contributed by atoms with Crippen LogP contribution < -0.4 is 4.90 Å². The minimum absolute atomic E-state index is 0.289. The number of benzene rings is 10. The summed E-state index contributed by atoms with van der Waals surface area (Å²) in [6.07, 6.45) is 8.11. The van der Waals surface area contributed by atoms with E-state index in [-0.39, 0.29) is 5.92 Å². The van der Waals surface area contributed by atoms with Gasteiger partial charge in [0, 0.05) is 43.0 Å². The highest BCUT2D eigenvalue weighted by Crippen LogP contribution is 2.57. The molecule has 11 aromatic rings. The molecule has 0 aliphatic heterocycles. The number of anilines is 2. The van der Waals surface area contributed by atoms with Gasteiger partial charge < -0.3 is 4.90 Å². The van der Waals surface area contributed by atoms with Crippen LogP contribution in [0.15, 0.2) is 273 Å². The van der Waals surface area contributed by atoms with Crippen molar-refractivity contribution >= 4 is 42.9 Å². The van der Waals surface area contributed by atoms with Crippen LogP contribution in [0.25, 0.3) is 64.7 Å². The Morgan fingerprint density at radius 3 is 1.80 bits per heavy atom. The second-order valence-electron chi connectivity index (χ2n) is 18.3. The first-order chi connectivity index (χ1) is 34.2. The zero-order valence-electron chi connectivity index (χ0n) is 38.0. The van der Waals surface area contributed by atoms with Crippen molar-refractivity contribution in [2.45, 2.75) is 17.8 Å². The van der Waals surface area contributed by atoms with E-state index in [0.29, 0.717) is 0 Å². The van der Waals surface area contributed by atoms with Gasteiger partial charge in [-0.1, -0.05) is 218 Å². The Labute approximate surface area is 408 Å². The summed E-state index contributed by atoms with van der Waals surface area (Å²) in [7, 11) is 0. The van der Waals surface area contributed by atoms with Gasteiger partial charge in [0.25, 0.3) is 0 Å². The number of thiophene rings is 1. The number of nitrogens with zero attached hydrogens (tertiary/aromatic N) is 1. The maximum Gasteiger partial charge on any atom is 0.0713 e. The molecular formula is C67H47NS. The van der Waals surface area contributed by atoms with Crippen LogP contribution in [-0.4, -0.2) is 0 Å². The predicted octanol–water partition coefficient (Wildman–Crippen LogP) is 18.2. The van der Waals surface area contributed by atoms with E-state index in [1.807, 2.05) is 11.3 Å². The minimum Gasteiger partial charge on any atom is -0.310 e. The SMILES string of the molecule is C1=CC(c2ccc3c(c2)sc2ccccc23)CC=C1N(c1cccc(-c2ccccc2)c1)c1ccccc1-c1cccc(-c2ccc3c(c2)-c2ccccc2C3(c2ccccc2)c2ccccc2)c1. The first-order valence-corrected chi connectivity index (χ1v) is 24.8. The first-order valence-electron chi connectivity index (χ1n) is 24.0. The van der Waals surface area contributed by atoms with Crippen molar-refractivity contribution < 1.29 is 0 Å². The monoisotopic (exact) mass is 897 g/mol. The van der Waals surface area contributed by atoms with Crippen LogP contribution >= 0.6 is 11.3 Å². The van der Waals surface area contributed by atoms with Gasteiger partial charge in [0.15, 0.2) is 0 Å². The summed E-state index contributed by atoms with van der Waals surface area (Å²) in [6.45, 7) is 0. The zero-order valence-corrected chi connectivity index (χ0v) is 38.9. The van der Waals surface area contributed by atoms with Crippen molar-refractivity contribution in [3.05, 3.63) is 300 Å². The largest absolute Gasteiger partial charge is 0.310 e. The van der Waals surface area contributed by atoms with Crippen molar-refractivity contribution in [1.29, 1.82) is 0 Å². The van der Waals surface area contributed by atoms with Crippen LogP contribution in [0.3, 0.4) is 0 Å². The Balaban J connectivity index is 0.901. The molecule has 2 heteroatoms. The molecule has 0 radical (unpaired) electrons. The number of hydrogen-bond donors (Lipinski definition) is 0. The highest BCUT2D eigenvalue weighted by atomic mass is 32.1. The van der Waals surface area contributed by atoms with Gasteiger partial charge in [-0.15, -0.1) is 11.3 Å². The number of para-hydroxylation sites is 1. The van der Waals surface area contributed by atoms with Gasteiger partial charge in [-0.2, -0.15) is 0 Å². The Bertz CT molecular complexity index is 3730. The van der Waals surface area contributed by atoms with E-state index in [0.717, 1.165) is 17.8 Å². The molecule has 0 bridgehead atoms. The number of hydrogen-bond acceptors (Lipinski definition) is 2. The van der Waals surface area contributed by atoms with Gasteiger partial charge in [-0.3, -0.25) is 0 Å². The highest BCUT2D eigenvalue weighted by molar-refractivity contribution is 7.25. The maximum absolute atomic E-state index is 2.47. The lowest BCUT2D eigenvalue weighted by atomic mass is 9.67. The van der Waals surface area contributed by atoms with E-state index in [2.05, 4.69) is 272 Å². The van der Waals surface area contributed by atoms with Gasteiger partial charge in [-0.25, -0.2) is 0 Å². The molecular weight excluding hydrogens is 851 g/mol. The summed E-state index contributed by atoms with van der Waals surface area (Å²) in [6, 6.07) is 91.9. The number of fused-ring (bicyclic) bond motifs is 6. The maximum atomic E-state index is 2.47. The molecule has 2 aliphatic carbocycles. The lowest BCUT2D eigenvalue weighted by molar-refractivity contribution is 0.768. The molecule has 1 unspecified atom stereocenters. The molecule has 0 amide bonds. The summed E-state index contributed by atoms with van der Waals surface area (Å²) in [5, 5.41) is 2.69. The molecule has 2 aliphatic rings. The number of rotatable bonds is 9. The third kappa shape index (κ3) is 6.98. The molecule has 0 N–H and O–H groups in total. The third-order valence-corrected chi connectivity index (χ3v) is 15.6. The lowest BCUT2D eigenvalue weighted by Gasteiger charge is -2.33. The van der Waals surface area contributed by atoms with E-state index in [1.165, 1.54) is 98.2 Å². The van der Waals surface area contributed by atoms with Crippen LogP contribution in [0.4, 0.5) is 11.4 Å². The Morgan fingerprint density at radius 2 is 1.01 bits per heavy atom. The average molecular weight is 898 g/mol. The topological polar surface area (TPSA) is 3.24 Å². The molecule has 69 heavy (non-hydrogen) atoms. The van der Waals surface area contributed by atoms with E-state index < -0.39 is 5.41 Å². The first kappa shape index (κ1) is 40.9. The fourth-order valence-corrected chi connectivity index (χ4v) is 12.4. The standard InChI is InChI=1S/C67H47NS/c1-4-18-46(19-5-1)49-21-17-27-56(43-49)68(55-38-34-47(35-39-55)51-36-40-60-59-30-12-15-33-65(59)69-66(60)45-51)64-32-14-11-28-57(64)52-22-16-20-48(42-52)50-37-41-63-61(44-50)58-29-10-13-31-62(58)67(63,53-23-6-2-7-24-53)54-25-8-3-9-26-54/h1-34,36-45,47H,35H2. The normalized spacial score (nSPS) is 14.6. The van der Waals surface area contributed by atoms with Crippen LogP contribution in [0.5, 0.6) is 0 Å². The molecule has 1 atom stereocenters. The summed E-state index contributed by atoms with van der Waals surface area (Å²) < 4.78 is 2.69. The van der Waals surface area contributed by atoms with Crippen molar-refractivity contribution in [2.24, 2.45) is 0 Å². The summed E-state index contributed by atoms with van der Waals surface area (Å²) >= 11 is 1.89. The third-order valence-electron chi connectivity index (χ3n) is 14.5. The quantitative estimate of drug-likeness (QED) is 0.140. The van der Waals surface area contributed by atoms with E-state index in [9.17, 15) is 0 Å². The smallest absolute Gasteiger partial charge is 0.0713 e. The molecule has 326 valence electrons. The van der Waals surface area contributed by atoms with Gasteiger partial charge in [-0.05, 0) is 122 Å². The van der Waals surface area contributed by atoms with Crippen molar-refractivity contribution in [3.63, 3.8) is 0 Å². The van der Waals surface area contributed by atoms with Crippen LogP contribution in [0.2, 0.25) is 0 Å².